The molecular weight excluding hydrogens is 274 g/mol. The Balaban J connectivity index is 1.92. The molecule has 1 saturated carbocycles. The lowest BCUT2D eigenvalue weighted by molar-refractivity contribution is -0.120. The first-order chi connectivity index (χ1) is 9.54. The second-order valence-corrected chi connectivity index (χ2v) is 5.70. The van der Waals surface area contributed by atoms with E-state index in [1.165, 1.54) is 0 Å². The van der Waals surface area contributed by atoms with E-state index in [2.05, 4.69) is 16.7 Å². The van der Waals surface area contributed by atoms with Crippen LogP contribution in [0.2, 0.25) is 5.02 Å². The van der Waals surface area contributed by atoms with Gasteiger partial charge in [-0.2, -0.15) is 5.26 Å². The van der Waals surface area contributed by atoms with Gasteiger partial charge in [-0.25, -0.2) is 0 Å². The van der Waals surface area contributed by atoms with Gasteiger partial charge in [0.2, 0.25) is 5.91 Å². The predicted molar refractivity (Wildman–Crippen MR) is 79.6 cm³/mol. The van der Waals surface area contributed by atoms with E-state index in [-0.39, 0.29) is 12.5 Å². The van der Waals surface area contributed by atoms with E-state index in [0.29, 0.717) is 5.02 Å². The third kappa shape index (κ3) is 3.43. The van der Waals surface area contributed by atoms with Crippen molar-refractivity contribution in [3.8, 4) is 6.07 Å². The van der Waals surface area contributed by atoms with E-state index in [9.17, 15) is 10.1 Å². The van der Waals surface area contributed by atoms with Gasteiger partial charge in [0.15, 0.2) is 0 Å². The van der Waals surface area contributed by atoms with Crippen LogP contribution in [0.25, 0.3) is 0 Å². The fourth-order valence-corrected chi connectivity index (χ4v) is 2.69. The quantitative estimate of drug-likeness (QED) is 0.896. The van der Waals surface area contributed by atoms with Gasteiger partial charge in [-0.15, -0.1) is 0 Å². The number of benzene rings is 1. The number of amides is 1. The zero-order valence-electron chi connectivity index (χ0n) is 11.5. The molecule has 1 aliphatic carbocycles. The SMILES string of the molecule is Cc1ccc(Cl)cc1NCC(=O)NC1(C#N)CCCC1. The monoisotopic (exact) mass is 291 g/mol. The van der Waals surface area contributed by atoms with Crippen LogP contribution in [-0.2, 0) is 4.79 Å². The van der Waals surface area contributed by atoms with Gasteiger partial charge in [0.05, 0.1) is 12.6 Å². The molecule has 0 unspecified atom stereocenters. The van der Waals surface area contributed by atoms with Gasteiger partial charge in [-0.05, 0) is 50.3 Å². The highest BCUT2D eigenvalue weighted by atomic mass is 35.5. The molecule has 0 saturated heterocycles. The molecular formula is C15H18ClN3O. The number of carbonyl (C=O) groups is 1. The molecule has 0 aliphatic heterocycles. The molecule has 0 radical (unpaired) electrons. The Bertz CT molecular complexity index is 545. The van der Waals surface area contributed by atoms with Crippen LogP contribution < -0.4 is 10.6 Å². The van der Waals surface area contributed by atoms with Crippen molar-refractivity contribution in [1.29, 1.82) is 5.26 Å². The second-order valence-electron chi connectivity index (χ2n) is 5.26. The standard InChI is InChI=1S/C15H18ClN3O/c1-11-4-5-12(16)8-13(11)18-9-14(20)19-15(10-17)6-2-3-7-15/h4-5,8,18H,2-3,6-7,9H2,1H3,(H,19,20). The third-order valence-corrected chi connectivity index (χ3v) is 3.92. The summed E-state index contributed by atoms with van der Waals surface area (Å²) in [5.41, 5.74) is 1.20. The molecule has 2 rings (SSSR count). The van der Waals surface area contributed by atoms with Crippen molar-refractivity contribution in [3.63, 3.8) is 0 Å². The van der Waals surface area contributed by atoms with E-state index >= 15 is 0 Å². The predicted octanol–water partition coefficient (Wildman–Crippen LogP) is 3.01. The fraction of sp³-hybridized carbons (Fsp3) is 0.467. The largest absolute Gasteiger partial charge is 0.376 e. The summed E-state index contributed by atoms with van der Waals surface area (Å²) < 4.78 is 0. The summed E-state index contributed by atoms with van der Waals surface area (Å²) in [6.45, 7) is 2.09. The average Bonchev–Trinajstić information content (AvgIpc) is 2.89. The number of hydrogen-bond donors (Lipinski definition) is 2. The minimum atomic E-state index is -0.665. The number of carbonyl (C=O) groups excluding carboxylic acids is 1. The van der Waals surface area contributed by atoms with Crippen LogP contribution in [0, 0.1) is 18.3 Å². The number of aryl methyl sites for hydroxylation is 1. The molecule has 1 amide bonds. The Morgan fingerprint density at radius 3 is 2.80 bits per heavy atom. The maximum absolute atomic E-state index is 12.0. The van der Waals surface area contributed by atoms with Crippen LogP contribution in [0.4, 0.5) is 5.69 Å². The van der Waals surface area contributed by atoms with E-state index < -0.39 is 5.54 Å². The van der Waals surface area contributed by atoms with E-state index in [4.69, 9.17) is 11.6 Å². The van der Waals surface area contributed by atoms with Gasteiger partial charge in [0.25, 0.3) is 0 Å². The number of anilines is 1. The molecule has 1 aromatic rings. The first-order valence-corrected chi connectivity index (χ1v) is 7.15. The molecule has 0 bridgehead atoms. The number of hydrogen-bond acceptors (Lipinski definition) is 3. The Hall–Kier alpha value is -1.73. The maximum atomic E-state index is 12.0. The third-order valence-electron chi connectivity index (χ3n) is 3.69. The van der Waals surface area contributed by atoms with Gasteiger partial charge in [-0.3, -0.25) is 4.79 Å². The summed E-state index contributed by atoms with van der Waals surface area (Å²) in [5, 5.41) is 15.8. The van der Waals surface area contributed by atoms with Gasteiger partial charge >= 0.3 is 0 Å². The van der Waals surface area contributed by atoms with Gasteiger partial charge in [0, 0.05) is 10.7 Å². The van der Waals surface area contributed by atoms with Crippen molar-refractivity contribution < 1.29 is 4.79 Å². The molecule has 0 spiro atoms. The van der Waals surface area contributed by atoms with Crippen LogP contribution in [-0.4, -0.2) is 18.0 Å². The number of nitrogens with zero attached hydrogens (tertiary/aromatic N) is 1. The molecule has 2 N–H and O–H groups in total. The summed E-state index contributed by atoms with van der Waals surface area (Å²) in [4.78, 5) is 12.0. The summed E-state index contributed by atoms with van der Waals surface area (Å²) >= 11 is 5.93. The topological polar surface area (TPSA) is 64.9 Å². The Morgan fingerprint density at radius 1 is 1.45 bits per heavy atom. The molecule has 0 atom stereocenters. The summed E-state index contributed by atoms with van der Waals surface area (Å²) in [6, 6.07) is 7.75. The summed E-state index contributed by atoms with van der Waals surface area (Å²) in [7, 11) is 0. The summed E-state index contributed by atoms with van der Waals surface area (Å²) in [6.07, 6.45) is 3.47. The Kier molecular flexibility index (Phi) is 4.51. The molecule has 0 heterocycles. The molecule has 5 heteroatoms. The minimum absolute atomic E-state index is 0.143. The summed E-state index contributed by atoms with van der Waals surface area (Å²) in [5.74, 6) is -0.159. The van der Waals surface area contributed by atoms with Gasteiger partial charge in [-0.1, -0.05) is 17.7 Å². The number of halogens is 1. The molecule has 20 heavy (non-hydrogen) atoms. The van der Waals surface area contributed by atoms with Crippen LogP contribution in [0.3, 0.4) is 0 Å². The second kappa shape index (κ2) is 6.15. The van der Waals surface area contributed by atoms with Gasteiger partial charge in [0.1, 0.15) is 5.54 Å². The lowest BCUT2D eigenvalue weighted by Gasteiger charge is -2.22. The van der Waals surface area contributed by atoms with E-state index in [1.54, 1.807) is 6.07 Å². The lowest BCUT2D eigenvalue weighted by atomic mass is 10.00. The van der Waals surface area contributed by atoms with Crippen LogP contribution >= 0.6 is 11.6 Å². The maximum Gasteiger partial charge on any atom is 0.240 e. The van der Waals surface area contributed by atoms with Crippen molar-refractivity contribution in [3.05, 3.63) is 28.8 Å². The average molecular weight is 292 g/mol. The normalized spacial score (nSPS) is 16.4. The van der Waals surface area contributed by atoms with Crippen molar-refractivity contribution in [2.24, 2.45) is 0 Å². The first kappa shape index (κ1) is 14.7. The minimum Gasteiger partial charge on any atom is -0.376 e. The van der Waals surface area contributed by atoms with Crippen molar-refractivity contribution in [2.75, 3.05) is 11.9 Å². The zero-order valence-corrected chi connectivity index (χ0v) is 12.3. The molecule has 4 nitrogen and oxygen atoms in total. The first-order valence-electron chi connectivity index (χ1n) is 6.77. The van der Waals surface area contributed by atoms with Crippen molar-refractivity contribution in [2.45, 2.75) is 38.1 Å². The number of rotatable bonds is 4. The van der Waals surface area contributed by atoms with Crippen LogP contribution in [0.15, 0.2) is 18.2 Å². The Labute approximate surface area is 124 Å². The molecule has 0 aromatic heterocycles. The highest BCUT2D eigenvalue weighted by molar-refractivity contribution is 6.30. The number of nitrogens with one attached hydrogen (secondary N) is 2. The zero-order chi connectivity index (χ0) is 14.6. The molecule has 1 fully saturated rings. The smallest absolute Gasteiger partial charge is 0.240 e. The molecule has 1 aliphatic rings. The van der Waals surface area contributed by atoms with Crippen molar-refractivity contribution in [1.82, 2.24) is 5.32 Å². The number of nitriles is 1. The Morgan fingerprint density at radius 2 is 2.15 bits per heavy atom. The fourth-order valence-electron chi connectivity index (χ4n) is 2.51. The van der Waals surface area contributed by atoms with Crippen molar-refractivity contribution >= 4 is 23.2 Å². The van der Waals surface area contributed by atoms with Crippen LogP contribution in [0.5, 0.6) is 0 Å². The van der Waals surface area contributed by atoms with E-state index in [0.717, 1.165) is 36.9 Å². The highest BCUT2D eigenvalue weighted by Crippen LogP contribution is 2.28. The lowest BCUT2D eigenvalue weighted by Crippen LogP contribution is -2.47. The van der Waals surface area contributed by atoms with E-state index in [1.807, 2.05) is 19.1 Å². The van der Waals surface area contributed by atoms with Gasteiger partial charge < -0.3 is 10.6 Å². The molecule has 106 valence electrons. The van der Waals surface area contributed by atoms with Crippen LogP contribution in [0.1, 0.15) is 31.2 Å². The highest BCUT2D eigenvalue weighted by Gasteiger charge is 2.35. The molecule has 1 aromatic carbocycles.